The molecule has 8 heteroatoms. The van der Waals surface area contributed by atoms with Crippen LogP contribution in [0.15, 0.2) is 24.5 Å². The predicted molar refractivity (Wildman–Crippen MR) is 91.5 cm³/mol. The molecule has 25 heavy (non-hydrogen) atoms. The van der Waals surface area contributed by atoms with Crippen LogP contribution in [0.1, 0.15) is 43.7 Å². The molecule has 1 aliphatic heterocycles. The lowest BCUT2D eigenvalue weighted by atomic mass is 10.1. The monoisotopic (exact) mass is 345 g/mol. The van der Waals surface area contributed by atoms with Gasteiger partial charge in [-0.1, -0.05) is 6.07 Å². The minimum atomic E-state index is -0.268. The number of carbonyl (C=O) groups is 1. The van der Waals surface area contributed by atoms with E-state index in [1.165, 1.54) is 0 Å². The van der Waals surface area contributed by atoms with Gasteiger partial charge in [-0.05, 0) is 31.5 Å². The van der Waals surface area contributed by atoms with Crippen LogP contribution in [0.2, 0.25) is 0 Å². The number of hydrogen-bond acceptors (Lipinski definition) is 5. The van der Waals surface area contributed by atoms with E-state index >= 15 is 0 Å². The summed E-state index contributed by atoms with van der Waals surface area (Å²) in [5, 5.41) is 13.6. The van der Waals surface area contributed by atoms with E-state index in [4.69, 9.17) is 9.47 Å². The summed E-state index contributed by atoms with van der Waals surface area (Å²) in [7, 11) is 1.84. The molecule has 0 bridgehead atoms. The number of fused-ring (bicyclic) bond motifs is 1. The summed E-state index contributed by atoms with van der Waals surface area (Å²) in [5.74, 6) is 2.16. The van der Waals surface area contributed by atoms with E-state index < -0.39 is 0 Å². The first kappa shape index (κ1) is 17.1. The van der Waals surface area contributed by atoms with Crippen LogP contribution in [0.5, 0.6) is 11.5 Å². The number of amides is 2. The number of carbonyl (C=O) groups excluding carboxylic acids is 1. The maximum Gasteiger partial charge on any atom is 0.315 e. The molecule has 0 saturated heterocycles. The van der Waals surface area contributed by atoms with Crippen LogP contribution in [0.25, 0.3) is 0 Å². The molecule has 0 radical (unpaired) electrons. The molecular formula is C17H23N5O3. The van der Waals surface area contributed by atoms with Gasteiger partial charge >= 0.3 is 6.03 Å². The molecule has 2 heterocycles. The molecule has 0 aliphatic carbocycles. The molecule has 2 amide bonds. The van der Waals surface area contributed by atoms with E-state index in [0.717, 1.165) is 23.5 Å². The molecule has 1 aromatic heterocycles. The van der Waals surface area contributed by atoms with E-state index in [1.807, 2.05) is 39.1 Å². The van der Waals surface area contributed by atoms with Crippen molar-refractivity contribution in [1.29, 1.82) is 0 Å². The van der Waals surface area contributed by atoms with Crippen molar-refractivity contribution in [3.05, 3.63) is 35.9 Å². The molecule has 134 valence electrons. The molecule has 1 aliphatic rings. The van der Waals surface area contributed by atoms with Crippen LogP contribution in [0.4, 0.5) is 4.79 Å². The molecule has 0 saturated carbocycles. The second-order valence-electron chi connectivity index (χ2n) is 6.12. The number of aryl methyl sites for hydroxylation is 1. The molecule has 2 N–H and O–H groups in total. The Morgan fingerprint density at radius 3 is 2.60 bits per heavy atom. The Kier molecular flexibility index (Phi) is 5.06. The number of benzene rings is 1. The average molecular weight is 345 g/mol. The van der Waals surface area contributed by atoms with E-state index in [2.05, 4.69) is 20.8 Å². The maximum absolute atomic E-state index is 12.3. The van der Waals surface area contributed by atoms with Gasteiger partial charge in [0.05, 0.1) is 25.3 Å². The average Bonchev–Trinajstić information content (AvgIpc) is 2.88. The summed E-state index contributed by atoms with van der Waals surface area (Å²) in [6.07, 6.45) is 2.46. The van der Waals surface area contributed by atoms with Gasteiger partial charge in [0.25, 0.3) is 0 Å². The van der Waals surface area contributed by atoms with Gasteiger partial charge in [-0.25, -0.2) is 4.79 Å². The summed E-state index contributed by atoms with van der Waals surface area (Å²) in [6, 6.07) is 5.04. The highest BCUT2D eigenvalue weighted by Crippen LogP contribution is 2.32. The molecular weight excluding hydrogens is 322 g/mol. The third-order valence-corrected chi connectivity index (χ3v) is 4.10. The number of nitrogens with zero attached hydrogens (tertiary/aromatic N) is 3. The molecule has 0 spiro atoms. The van der Waals surface area contributed by atoms with E-state index in [0.29, 0.717) is 19.0 Å². The predicted octanol–water partition coefficient (Wildman–Crippen LogP) is 2.10. The third kappa shape index (κ3) is 4.01. The molecule has 2 unspecified atom stereocenters. The Morgan fingerprint density at radius 1 is 1.16 bits per heavy atom. The minimum Gasteiger partial charge on any atom is -0.490 e. The molecule has 8 nitrogen and oxygen atoms in total. The van der Waals surface area contributed by atoms with Crippen molar-refractivity contribution in [2.45, 2.75) is 32.4 Å². The first-order valence-corrected chi connectivity index (χ1v) is 8.35. The Bertz CT molecular complexity index is 746. The standard InChI is InChI=1S/C17H23N5O3/c1-11(13-5-6-14-15(9-13)25-8-4-7-24-14)19-17(23)20-12(2)16-21-18-10-22(16)3/h5-6,9-12H,4,7-8H2,1-3H3,(H2,19,20,23). The van der Waals surface area contributed by atoms with E-state index in [9.17, 15) is 4.79 Å². The van der Waals surface area contributed by atoms with Crippen LogP contribution in [0, 0.1) is 0 Å². The lowest BCUT2D eigenvalue weighted by molar-refractivity contribution is 0.234. The molecule has 0 fully saturated rings. The van der Waals surface area contributed by atoms with Crippen molar-refractivity contribution in [1.82, 2.24) is 25.4 Å². The summed E-state index contributed by atoms with van der Waals surface area (Å²) < 4.78 is 13.1. The fourth-order valence-corrected chi connectivity index (χ4v) is 2.72. The Labute approximate surface area is 146 Å². The van der Waals surface area contributed by atoms with Gasteiger partial charge in [-0.3, -0.25) is 0 Å². The lowest BCUT2D eigenvalue weighted by Gasteiger charge is -2.19. The first-order chi connectivity index (χ1) is 12.0. The Balaban J connectivity index is 1.61. The Morgan fingerprint density at radius 2 is 1.88 bits per heavy atom. The molecule has 1 aromatic carbocycles. The van der Waals surface area contributed by atoms with Gasteiger partial charge in [-0.15, -0.1) is 10.2 Å². The van der Waals surface area contributed by atoms with Crippen molar-refractivity contribution < 1.29 is 14.3 Å². The minimum absolute atomic E-state index is 0.177. The van der Waals surface area contributed by atoms with Gasteiger partial charge in [0.1, 0.15) is 6.33 Å². The SMILES string of the molecule is CC(NC(=O)NC(C)c1nncn1C)c1ccc2c(c1)OCCCO2. The van der Waals surface area contributed by atoms with Gasteiger partial charge in [0.15, 0.2) is 17.3 Å². The summed E-state index contributed by atoms with van der Waals surface area (Å²) in [4.78, 5) is 12.3. The Hall–Kier alpha value is -2.77. The van der Waals surface area contributed by atoms with Gasteiger partial charge < -0.3 is 24.7 Å². The zero-order chi connectivity index (χ0) is 17.8. The quantitative estimate of drug-likeness (QED) is 0.886. The largest absolute Gasteiger partial charge is 0.490 e. The molecule has 2 atom stereocenters. The van der Waals surface area contributed by atoms with E-state index in [-0.39, 0.29) is 18.1 Å². The number of urea groups is 1. The summed E-state index contributed by atoms with van der Waals surface area (Å²) >= 11 is 0. The van der Waals surface area contributed by atoms with Crippen molar-refractivity contribution in [3.8, 4) is 11.5 Å². The van der Waals surface area contributed by atoms with Crippen LogP contribution in [-0.4, -0.2) is 34.0 Å². The fourth-order valence-electron chi connectivity index (χ4n) is 2.72. The third-order valence-electron chi connectivity index (χ3n) is 4.10. The number of nitrogens with one attached hydrogen (secondary N) is 2. The lowest BCUT2D eigenvalue weighted by Crippen LogP contribution is -2.39. The molecule has 3 rings (SSSR count). The number of hydrogen-bond donors (Lipinski definition) is 2. The second-order valence-corrected chi connectivity index (χ2v) is 6.12. The number of rotatable bonds is 4. The smallest absolute Gasteiger partial charge is 0.315 e. The van der Waals surface area contributed by atoms with Crippen LogP contribution in [-0.2, 0) is 7.05 Å². The van der Waals surface area contributed by atoms with Gasteiger partial charge in [-0.2, -0.15) is 0 Å². The molecule has 2 aromatic rings. The summed E-state index contributed by atoms with van der Waals surface area (Å²) in [6.45, 7) is 5.07. The van der Waals surface area contributed by atoms with E-state index in [1.54, 1.807) is 10.9 Å². The second kappa shape index (κ2) is 7.42. The van der Waals surface area contributed by atoms with Crippen molar-refractivity contribution in [3.63, 3.8) is 0 Å². The van der Waals surface area contributed by atoms with Crippen LogP contribution in [0.3, 0.4) is 0 Å². The fraction of sp³-hybridized carbons (Fsp3) is 0.471. The summed E-state index contributed by atoms with van der Waals surface area (Å²) in [5.41, 5.74) is 0.950. The highest BCUT2D eigenvalue weighted by atomic mass is 16.5. The maximum atomic E-state index is 12.3. The van der Waals surface area contributed by atoms with Crippen LogP contribution < -0.4 is 20.1 Å². The van der Waals surface area contributed by atoms with Gasteiger partial charge in [0, 0.05) is 13.5 Å². The zero-order valence-corrected chi connectivity index (χ0v) is 14.7. The van der Waals surface area contributed by atoms with Gasteiger partial charge in [0.2, 0.25) is 0 Å². The highest BCUT2D eigenvalue weighted by molar-refractivity contribution is 5.74. The van der Waals surface area contributed by atoms with Crippen LogP contribution >= 0.6 is 0 Å². The first-order valence-electron chi connectivity index (χ1n) is 8.35. The zero-order valence-electron chi connectivity index (χ0n) is 14.7. The van der Waals surface area contributed by atoms with Crippen molar-refractivity contribution in [2.24, 2.45) is 7.05 Å². The normalized spacial score (nSPS) is 15.8. The highest BCUT2D eigenvalue weighted by Gasteiger charge is 2.18. The van der Waals surface area contributed by atoms with Crippen molar-refractivity contribution >= 4 is 6.03 Å². The topological polar surface area (TPSA) is 90.3 Å². The van der Waals surface area contributed by atoms with Crippen molar-refractivity contribution in [2.75, 3.05) is 13.2 Å². The number of aromatic nitrogens is 3. The number of ether oxygens (including phenoxy) is 2.